The number of hydrogen-bond acceptors (Lipinski definition) is 5. The second-order valence-corrected chi connectivity index (χ2v) is 5.68. The van der Waals surface area contributed by atoms with Crippen molar-refractivity contribution in [3.8, 4) is 0 Å². The van der Waals surface area contributed by atoms with Crippen molar-refractivity contribution in [2.75, 3.05) is 10.6 Å². The standard InChI is InChI=1S/C14H18N4S/c1-2-13-16-14(19-17-13)18(12-6-7-12)9-10-4-3-5-11(15)8-10/h3-5,8,12H,2,6-7,9,15H2,1H3. The van der Waals surface area contributed by atoms with Gasteiger partial charge in [-0.1, -0.05) is 19.1 Å². The van der Waals surface area contributed by atoms with Gasteiger partial charge < -0.3 is 10.6 Å². The van der Waals surface area contributed by atoms with E-state index in [-0.39, 0.29) is 0 Å². The average Bonchev–Trinajstić information content (AvgIpc) is 3.13. The first-order chi connectivity index (χ1) is 9.26. The predicted molar refractivity (Wildman–Crippen MR) is 79.3 cm³/mol. The minimum absolute atomic E-state index is 0.624. The summed E-state index contributed by atoms with van der Waals surface area (Å²) in [4.78, 5) is 6.98. The molecule has 0 saturated heterocycles. The van der Waals surface area contributed by atoms with Gasteiger partial charge in [0, 0.05) is 36.2 Å². The summed E-state index contributed by atoms with van der Waals surface area (Å²) in [5, 5.41) is 1.04. The van der Waals surface area contributed by atoms with Crippen molar-refractivity contribution in [3.05, 3.63) is 35.7 Å². The van der Waals surface area contributed by atoms with E-state index in [0.29, 0.717) is 6.04 Å². The van der Waals surface area contributed by atoms with Gasteiger partial charge in [0.1, 0.15) is 5.82 Å². The van der Waals surface area contributed by atoms with Gasteiger partial charge in [-0.25, -0.2) is 4.98 Å². The van der Waals surface area contributed by atoms with Gasteiger partial charge in [-0.15, -0.1) is 0 Å². The molecule has 0 bridgehead atoms. The number of nitrogen functional groups attached to an aromatic ring is 1. The monoisotopic (exact) mass is 274 g/mol. The van der Waals surface area contributed by atoms with E-state index in [0.717, 1.165) is 29.6 Å². The van der Waals surface area contributed by atoms with Crippen molar-refractivity contribution in [3.63, 3.8) is 0 Å². The lowest BCUT2D eigenvalue weighted by Crippen LogP contribution is -2.24. The third-order valence-corrected chi connectivity index (χ3v) is 4.10. The molecule has 1 aromatic carbocycles. The number of nitrogens with two attached hydrogens (primary N) is 1. The molecule has 5 heteroatoms. The molecule has 1 aromatic heterocycles. The molecule has 1 aliphatic rings. The Balaban J connectivity index is 1.81. The van der Waals surface area contributed by atoms with Crippen molar-refractivity contribution in [1.82, 2.24) is 9.36 Å². The minimum Gasteiger partial charge on any atom is -0.399 e. The first kappa shape index (κ1) is 12.4. The number of anilines is 2. The lowest BCUT2D eigenvalue weighted by Gasteiger charge is -2.21. The molecule has 100 valence electrons. The summed E-state index contributed by atoms with van der Waals surface area (Å²) in [6.45, 7) is 2.96. The largest absolute Gasteiger partial charge is 0.399 e. The molecular weight excluding hydrogens is 256 g/mol. The molecule has 1 heterocycles. The molecule has 0 radical (unpaired) electrons. The number of rotatable bonds is 5. The van der Waals surface area contributed by atoms with E-state index in [2.05, 4.69) is 27.2 Å². The van der Waals surface area contributed by atoms with Gasteiger partial charge in [-0.05, 0) is 30.5 Å². The van der Waals surface area contributed by atoms with Crippen LogP contribution in [0.15, 0.2) is 24.3 Å². The summed E-state index contributed by atoms with van der Waals surface area (Å²) in [5.41, 5.74) is 7.90. The Morgan fingerprint density at radius 3 is 2.89 bits per heavy atom. The molecule has 3 rings (SSSR count). The van der Waals surface area contributed by atoms with Crippen molar-refractivity contribution in [1.29, 1.82) is 0 Å². The summed E-state index contributed by atoms with van der Waals surface area (Å²) in [7, 11) is 0. The summed E-state index contributed by atoms with van der Waals surface area (Å²) in [6, 6.07) is 8.71. The zero-order valence-electron chi connectivity index (χ0n) is 11.0. The number of nitrogens with zero attached hydrogens (tertiary/aromatic N) is 3. The Labute approximate surface area is 117 Å². The molecule has 1 aliphatic carbocycles. The summed E-state index contributed by atoms with van der Waals surface area (Å²) in [5.74, 6) is 0.943. The van der Waals surface area contributed by atoms with Gasteiger partial charge in [0.15, 0.2) is 0 Å². The van der Waals surface area contributed by atoms with E-state index in [1.807, 2.05) is 18.2 Å². The van der Waals surface area contributed by atoms with Crippen molar-refractivity contribution < 1.29 is 0 Å². The second kappa shape index (κ2) is 5.17. The fourth-order valence-electron chi connectivity index (χ4n) is 2.13. The Bertz CT molecular complexity index is 562. The highest BCUT2D eigenvalue weighted by Crippen LogP contribution is 2.34. The molecule has 0 spiro atoms. The van der Waals surface area contributed by atoms with Crippen LogP contribution in [0.3, 0.4) is 0 Å². The minimum atomic E-state index is 0.624. The molecule has 2 N–H and O–H groups in total. The van der Waals surface area contributed by atoms with Gasteiger partial charge in [0.2, 0.25) is 5.13 Å². The Hall–Kier alpha value is -1.62. The highest BCUT2D eigenvalue weighted by molar-refractivity contribution is 7.09. The Kier molecular flexibility index (Phi) is 3.38. The molecule has 0 amide bonds. The number of aryl methyl sites for hydroxylation is 1. The van der Waals surface area contributed by atoms with Gasteiger partial charge in [0.25, 0.3) is 0 Å². The lowest BCUT2D eigenvalue weighted by atomic mass is 10.2. The van der Waals surface area contributed by atoms with Crippen LogP contribution >= 0.6 is 11.5 Å². The maximum Gasteiger partial charge on any atom is 0.205 e. The first-order valence-corrected chi connectivity index (χ1v) is 7.47. The fourth-order valence-corrected chi connectivity index (χ4v) is 2.95. The third kappa shape index (κ3) is 2.87. The molecule has 2 aromatic rings. The molecule has 1 fully saturated rings. The van der Waals surface area contributed by atoms with Crippen LogP contribution in [-0.2, 0) is 13.0 Å². The van der Waals surface area contributed by atoms with Crippen LogP contribution in [0.5, 0.6) is 0 Å². The molecular formula is C14H18N4S. The molecule has 4 nitrogen and oxygen atoms in total. The van der Waals surface area contributed by atoms with Gasteiger partial charge in [0.05, 0.1) is 0 Å². The number of benzene rings is 1. The van der Waals surface area contributed by atoms with Crippen LogP contribution in [-0.4, -0.2) is 15.4 Å². The zero-order chi connectivity index (χ0) is 13.2. The zero-order valence-corrected chi connectivity index (χ0v) is 11.9. The fraction of sp³-hybridized carbons (Fsp3) is 0.429. The SMILES string of the molecule is CCc1nsc(N(Cc2cccc(N)c2)C2CC2)n1. The molecule has 1 saturated carbocycles. The van der Waals surface area contributed by atoms with Gasteiger partial charge >= 0.3 is 0 Å². The normalized spacial score (nSPS) is 14.6. The van der Waals surface area contributed by atoms with Crippen LogP contribution in [0.1, 0.15) is 31.2 Å². The maximum atomic E-state index is 5.85. The van der Waals surface area contributed by atoms with Gasteiger partial charge in [-0.2, -0.15) is 4.37 Å². The lowest BCUT2D eigenvalue weighted by molar-refractivity contribution is 0.785. The molecule has 0 aliphatic heterocycles. The average molecular weight is 274 g/mol. The van der Waals surface area contributed by atoms with E-state index in [1.165, 1.54) is 29.9 Å². The predicted octanol–water partition coefficient (Wildman–Crippen LogP) is 2.85. The third-order valence-electron chi connectivity index (χ3n) is 3.31. The highest BCUT2D eigenvalue weighted by atomic mass is 32.1. The summed E-state index contributed by atoms with van der Waals surface area (Å²) >= 11 is 1.51. The van der Waals surface area contributed by atoms with Gasteiger partial charge in [-0.3, -0.25) is 0 Å². The van der Waals surface area contributed by atoms with E-state index in [1.54, 1.807) is 0 Å². The van der Waals surface area contributed by atoms with Crippen LogP contribution in [0.4, 0.5) is 10.8 Å². The summed E-state index contributed by atoms with van der Waals surface area (Å²) < 4.78 is 4.39. The van der Waals surface area contributed by atoms with Crippen LogP contribution in [0, 0.1) is 0 Å². The Morgan fingerprint density at radius 1 is 1.42 bits per heavy atom. The van der Waals surface area contributed by atoms with Crippen molar-refractivity contribution in [2.24, 2.45) is 0 Å². The topological polar surface area (TPSA) is 55.0 Å². The maximum absolute atomic E-state index is 5.85. The van der Waals surface area contributed by atoms with Crippen LogP contribution < -0.4 is 10.6 Å². The smallest absolute Gasteiger partial charge is 0.205 e. The number of aromatic nitrogens is 2. The molecule has 19 heavy (non-hydrogen) atoms. The Morgan fingerprint density at radius 2 is 2.26 bits per heavy atom. The quantitative estimate of drug-likeness (QED) is 0.852. The highest BCUT2D eigenvalue weighted by Gasteiger charge is 2.31. The second-order valence-electron chi connectivity index (χ2n) is 4.95. The van der Waals surface area contributed by atoms with E-state index >= 15 is 0 Å². The number of hydrogen-bond donors (Lipinski definition) is 1. The molecule has 0 unspecified atom stereocenters. The molecule has 0 atom stereocenters. The van der Waals surface area contributed by atoms with Crippen molar-refractivity contribution >= 4 is 22.4 Å². The van der Waals surface area contributed by atoms with Crippen LogP contribution in [0.2, 0.25) is 0 Å². The van der Waals surface area contributed by atoms with E-state index in [4.69, 9.17) is 5.73 Å². The first-order valence-electron chi connectivity index (χ1n) is 6.70. The summed E-state index contributed by atoms with van der Waals surface area (Å²) in [6.07, 6.45) is 3.40. The van der Waals surface area contributed by atoms with Crippen LogP contribution in [0.25, 0.3) is 0 Å². The van der Waals surface area contributed by atoms with Crippen molar-refractivity contribution in [2.45, 2.75) is 38.8 Å². The van der Waals surface area contributed by atoms with E-state index < -0.39 is 0 Å². The van der Waals surface area contributed by atoms with E-state index in [9.17, 15) is 0 Å².